The van der Waals surface area contributed by atoms with Crippen LogP contribution in [0.2, 0.25) is 0 Å². The molecular formula is C12H10N4O. The number of fused-ring (bicyclic) bond motifs is 1. The molecule has 0 saturated carbocycles. The van der Waals surface area contributed by atoms with Crippen LogP contribution in [0.5, 0.6) is 5.75 Å². The van der Waals surface area contributed by atoms with E-state index in [2.05, 4.69) is 15.0 Å². The van der Waals surface area contributed by atoms with E-state index in [9.17, 15) is 5.11 Å². The van der Waals surface area contributed by atoms with Crippen molar-refractivity contribution < 1.29 is 5.11 Å². The van der Waals surface area contributed by atoms with Gasteiger partial charge in [-0.25, -0.2) is 9.97 Å². The number of anilines is 1. The van der Waals surface area contributed by atoms with Gasteiger partial charge in [-0.3, -0.25) is 0 Å². The third-order valence-corrected chi connectivity index (χ3v) is 2.56. The number of aromatic hydroxyl groups is 1. The smallest absolute Gasteiger partial charge is 0.178 e. The lowest BCUT2D eigenvalue weighted by atomic mass is 10.2. The van der Waals surface area contributed by atoms with Gasteiger partial charge in [0.05, 0.1) is 11.2 Å². The Morgan fingerprint density at radius 3 is 2.88 bits per heavy atom. The standard InChI is InChI=1S/C12H10N4O/c13-8-4-3-7(6-10(8)17)11-15-9-2-1-5-14-12(9)16-11/h1-6,17H,13H2,(H,14,15,16). The number of aromatic amines is 1. The molecule has 17 heavy (non-hydrogen) atoms. The number of H-pyrrole nitrogens is 1. The molecule has 4 N–H and O–H groups in total. The second-order valence-corrected chi connectivity index (χ2v) is 3.73. The lowest BCUT2D eigenvalue weighted by Crippen LogP contribution is -1.86. The van der Waals surface area contributed by atoms with Crippen LogP contribution < -0.4 is 5.73 Å². The van der Waals surface area contributed by atoms with Crippen molar-refractivity contribution in [3.63, 3.8) is 0 Å². The maximum atomic E-state index is 9.55. The highest BCUT2D eigenvalue weighted by Gasteiger charge is 2.07. The molecule has 0 aliphatic carbocycles. The van der Waals surface area contributed by atoms with Crippen molar-refractivity contribution >= 4 is 16.9 Å². The summed E-state index contributed by atoms with van der Waals surface area (Å²) in [6.07, 6.45) is 1.69. The summed E-state index contributed by atoms with van der Waals surface area (Å²) in [4.78, 5) is 11.6. The third kappa shape index (κ3) is 1.57. The molecule has 0 amide bonds. The Morgan fingerprint density at radius 1 is 1.24 bits per heavy atom. The minimum absolute atomic E-state index is 0.0518. The molecule has 0 aliphatic heterocycles. The summed E-state index contributed by atoms with van der Waals surface area (Å²) in [5, 5.41) is 9.55. The van der Waals surface area contributed by atoms with Crippen molar-refractivity contribution in [3.05, 3.63) is 36.5 Å². The van der Waals surface area contributed by atoms with Crippen LogP contribution >= 0.6 is 0 Å². The number of nitrogen functional groups attached to an aromatic ring is 1. The molecule has 5 heteroatoms. The Morgan fingerprint density at radius 2 is 2.12 bits per heavy atom. The lowest BCUT2D eigenvalue weighted by molar-refractivity contribution is 0.478. The summed E-state index contributed by atoms with van der Waals surface area (Å²) < 4.78 is 0. The first-order valence-electron chi connectivity index (χ1n) is 5.13. The van der Waals surface area contributed by atoms with Gasteiger partial charge in [0.15, 0.2) is 5.65 Å². The van der Waals surface area contributed by atoms with E-state index in [1.807, 2.05) is 12.1 Å². The van der Waals surface area contributed by atoms with E-state index in [0.717, 1.165) is 11.1 Å². The molecule has 0 fully saturated rings. The number of aromatic nitrogens is 3. The van der Waals surface area contributed by atoms with Gasteiger partial charge in [0.2, 0.25) is 0 Å². The zero-order valence-corrected chi connectivity index (χ0v) is 8.88. The monoisotopic (exact) mass is 226 g/mol. The van der Waals surface area contributed by atoms with E-state index in [1.165, 1.54) is 0 Å². The second-order valence-electron chi connectivity index (χ2n) is 3.73. The van der Waals surface area contributed by atoms with E-state index < -0.39 is 0 Å². The van der Waals surface area contributed by atoms with Gasteiger partial charge in [-0.15, -0.1) is 0 Å². The maximum Gasteiger partial charge on any atom is 0.178 e. The molecule has 3 aromatic rings. The Bertz CT molecular complexity index is 657. The Balaban J connectivity index is 2.17. The summed E-state index contributed by atoms with van der Waals surface area (Å²) in [5.41, 5.74) is 8.18. The molecule has 0 bridgehead atoms. The van der Waals surface area contributed by atoms with Gasteiger partial charge in [-0.1, -0.05) is 0 Å². The third-order valence-electron chi connectivity index (χ3n) is 2.56. The van der Waals surface area contributed by atoms with E-state index >= 15 is 0 Å². The molecular weight excluding hydrogens is 216 g/mol. The number of phenols is 1. The number of benzene rings is 1. The Kier molecular flexibility index (Phi) is 1.98. The minimum atomic E-state index is 0.0518. The van der Waals surface area contributed by atoms with Crippen molar-refractivity contribution in [3.8, 4) is 17.1 Å². The zero-order valence-electron chi connectivity index (χ0n) is 8.88. The molecule has 3 rings (SSSR count). The van der Waals surface area contributed by atoms with Gasteiger partial charge in [0, 0.05) is 11.8 Å². The highest BCUT2D eigenvalue weighted by atomic mass is 16.3. The number of nitrogens with one attached hydrogen (secondary N) is 1. The Hall–Kier alpha value is -2.56. The molecule has 0 saturated heterocycles. The molecule has 0 spiro atoms. The van der Waals surface area contributed by atoms with Crippen LogP contribution in [0.1, 0.15) is 0 Å². The molecule has 2 heterocycles. The number of nitrogens with two attached hydrogens (primary N) is 1. The topological polar surface area (TPSA) is 87.8 Å². The maximum absolute atomic E-state index is 9.55. The number of hydrogen-bond donors (Lipinski definition) is 3. The number of phenolic OH excluding ortho intramolecular Hbond substituents is 1. The first kappa shape index (κ1) is 9.65. The number of imidazole rings is 1. The summed E-state index contributed by atoms with van der Waals surface area (Å²) in [6.45, 7) is 0. The van der Waals surface area contributed by atoms with E-state index in [1.54, 1.807) is 24.4 Å². The fraction of sp³-hybridized carbons (Fsp3) is 0. The van der Waals surface area contributed by atoms with Crippen molar-refractivity contribution in [1.29, 1.82) is 0 Å². The number of rotatable bonds is 1. The van der Waals surface area contributed by atoms with Crippen molar-refractivity contribution in [2.24, 2.45) is 0 Å². The highest BCUT2D eigenvalue weighted by Crippen LogP contribution is 2.27. The van der Waals surface area contributed by atoms with Gasteiger partial charge in [-0.2, -0.15) is 0 Å². The zero-order chi connectivity index (χ0) is 11.8. The van der Waals surface area contributed by atoms with Crippen molar-refractivity contribution in [2.45, 2.75) is 0 Å². The van der Waals surface area contributed by atoms with Crippen LogP contribution in [-0.4, -0.2) is 20.1 Å². The predicted molar refractivity (Wildman–Crippen MR) is 65.4 cm³/mol. The molecule has 2 aromatic heterocycles. The first-order valence-corrected chi connectivity index (χ1v) is 5.13. The van der Waals surface area contributed by atoms with Gasteiger partial charge >= 0.3 is 0 Å². The van der Waals surface area contributed by atoms with E-state index in [0.29, 0.717) is 17.2 Å². The molecule has 0 radical (unpaired) electrons. The minimum Gasteiger partial charge on any atom is -0.506 e. The summed E-state index contributed by atoms with van der Waals surface area (Å²) >= 11 is 0. The Labute approximate surface area is 97.0 Å². The number of hydrogen-bond acceptors (Lipinski definition) is 4. The normalized spacial score (nSPS) is 10.8. The molecule has 1 aromatic carbocycles. The van der Waals surface area contributed by atoms with Crippen molar-refractivity contribution in [1.82, 2.24) is 15.0 Å². The summed E-state index contributed by atoms with van der Waals surface area (Å²) in [6, 6.07) is 8.76. The largest absolute Gasteiger partial charge is 0.506 e. The SMILES string of the molecule is Nc1ccc(-c2nc3ncccc3[nH]2)cc1O. The molecule has 0 atom stereocenters. The van der Waals surface area contributed by atoms with Crippen LogP contribution in [-0.2, 0) is 0 Å². The number of nitrogens with zero attached hydrogens (tertiary/aromatic N) is 2. The van der Waals surface area contributed by atoms with E-state index in [4.69, 9.17) is 5.73 Å². The molecule has 0 unspecified atom stereocenters. The molecule has 0 aliphatic rings. The van der Waals surface area contributed by atoms with Gasteiger partial charge < -0.3 is 15.8 Å². The summed E-state index contributed by atoms with van der Waals surface area (Å²) in [5.74, 6) is 0.713. The molecule has 84 valence electrons. The number of pyridine rings is 1. The lowest BCUT2D eigenvalue weighted by Gasteiger charge is -2.00. The average molecular weight is 226 g/mol. The van der Waals surface area contributed by atoms with Gasteiger partial charge in [0.1, 0.15) is 11.6 Å². The van der Waals surface area contributed by atoms with E-state index in [-0.39, 0.29) is 5.75 Å². The highest BCUT2D eigenvalue weighted by molar-refractivity contribution is 5.76. The van der Waals surface area contributed by atoms with Gasteiger partial charge in [0.25, 0.3) is 0 Å². The predicted octanol–water partition coefficient (Wildman–Crippen LogP) is 1.91. The van der Waals surface area contributed by atoms with Crippen LogP contribution in [0.15, 0.2) is 36.5 Å². The average Bonchev–Trinajstić information content (AvgIpc) is 2.76. The first-order chi connectivity index (χ1) is 8.24. The fourth-order valence-corrected chi connectivity index (χ4v) is 1.67. The summed E-state index contributed by atoms with van der Waals surface area (Å²) in [7, 11) is 0. The molecule has 5 nitrogen and oxygen atoms in total. The van der Waals surface area contributed by atoms with Crippen molar-refractivity contribution in [2.75, 3.05) is 5.73 Å². The van der Waals surface area contributed by atoms with Gasteiger partial charge in [-0.05, 0) is 30.3 Å². The van der Waals surface area contributed by atoms with Crippen LogP contribution in [0.4, 0.5) is 5.69 Å². The quantitative estimate of drug-likeness (QED) is 0.437. The fourth-order valence-electron chi connectivity index (χ4n) is 1.67. The van der Waals surface area contributed by atoms with Crippen LogP contribution in [0, 0.1) is 0 Å². The second kappa shape index (κ2) is 3.48. The van der Waals surface area contributed by atoms with Crippen LogP contribution in [0.25, 0.3) is 22.6 Å². The van der Waals surface area contributed by atoms with Crippen LogP contribution in [0.3, 0.4) is 0 Å².